The van der Waals surface area contributed by atoms with Crippen molar-refractivity contribution in [3.63, 3.8) is 0 Å². The molecule has 17 heteroatoms. The summed E-state index contributed by atoms with van der Waals surface area (Å²) in [6.45, 7) is 0. The molecule has 2 aromatic heterocycles. The molecule has 0 bridgehead atoms. The van der Waals surface area contributed by atoms with Gasteiger partial charge in [0.05, 0.1) is 21.5 Å². The minimum absolute atomic E-state index is 0.0141. The van der Waals surface area contributed by atoms with Crippen molar-refractivity contribution in [3.05, 3.63) is 45.9 Å². The summed E-state index contributed by atoms with van der Waals surface area (Å²) in [5.74, 6) is -8.83. The molecule has 0 aliphatic carbocycles. The number of nitrogens with zero attached hydrogens (tertiary/aromatic N) is 3. The van der Waals surface area contributed by atoms with Crippen LogP contribution in [0.4, 0.5) is 58.5 Å². The molecule has 33 heavy (non-hydrogen) atoms. The highest BCUT2D eigenvalue weighted by atomic mass is 35.5. The highest BCUT2D eigenvalue weighted by molar-refractivity contribution is 6.32. The largest absolute Gasteiger partial charge is 0.459 e. The summed E-state index contributed by atoms with van der Waals surface area (Å²) in [6, 6.07) is -0.537. The molecule has 4 nitrogen and oxygen atoms in total. The number of rotatable bonds is 2. The second-order valence-corrected chi connectivity index (χ2v) is 6.81. The molecule has 0 amide bonds. The molecule has 0 aliphatic rings. The van der Waals surface area contributed by atoms with Gasteiger partial charge in [0.25, 0.3) is 0 Å². The number of hydrogen-bond acceptors (Lipinski definition) is 3. The zero-order valence-corrected chi connectivity index (χ0v) is 15.8. The first-order valence-electron chi connectivity index (χ1n) is 8.05. The van der Waals surface area contributed by atoms with Crippen molar-refractivity contribution in [1.82, 2.24) is 14.8 Å². The SMILES string of the molecule is Nc1c2c(C(F)(F)F)cc(C(F)(F)C(F)(F)F)nc2nn1-c1c(F)cc(C(F)(F)F)cc1Cl. The van der Waals surface area contributed by atoms with Crippen molar-refractivity contribution in [3.8, 4) is 5.69 Å². The van der Waals surface area contributed by atoms with Gasteiger partial charge in [-0.15, -0.1) is 5.10 Å². The summed E-state index contributed by atoms with van der Waals surface area (Å²) < 4.78 is 158. The second-order valence-electron chi connectivity index (χ2n) is 6.41. The molecule has 2 heterocycles. The third kappa shape index (κ3) is 4.11. The highest BCUT2D eigenvalue weighted by Crippen LogP contribution is 2.46. The van der Waals surface area contributed by atoms with Crippen LogP contribution in [-0.4, -0.2) is 20.9 Å². The summed E-state index contributed by atoms with van der Waals surface area (Å²) in [5.41, 5.74) is -3.18. The fraction of sp³-hybridized carbons (Fsp3) is 0.250. The monoisotopic (exact) mass is 516 g/mol. The summed E-state index contributed by atoms with van der Waals surface area (Å²) in [7, 11) is 0. The normalized spacial score (nSPS) is 13.7. The number of halogens is 13. The van der Waals surface area contributed by atoms with Crippen LogP contribution in [0.3, 0.4) is 0 Å². The molecule has 0 spiro atoms. The Morgan fingerprint density at radius 2 is 1.42 bits per heavy atom. The third-order valence-corrected chi connectivity index (χ3v) is 4.51. The van der Waals surface area contributed by atoms with Gasteiger partial charge in [0.15, 0.2) is 11.5 Å². The molecule has 0 unspecified atom stereocenters. The first-order valence-corrected chi connectivity index (χ1v) is 8.42. The van der Waals surface area contributed by atoms with Gasteiger partial charge in [-0.1, -0.05) is 11.6 Å². The predicted octanol–water partition coefficient (Wildman–Crippen LogP) is 6.49. The van der Waals surface area contributed by atoms with Crippen LogP contribution in [-0.2, 0) is 18.3 Å². The lowest BCUT2D eigenvalue weighted by Gasteiger charge is -2.20. The third-order valence-electron chi connectivity index (χ3n) is 4.22. The van der Waals surface area contributed by atoms with Gasteiger partial charge in [-0.3, -0.25) is 0 Å². The van der Waals surface area contributed by atoms with Crippen LogP contribution in [0.2, 0.25) is 5.02 Å². The van der Waals surface area contributed by atoms with Crippen LogP contribution in [0.25, 0.3) is 16.7 Å². The van der Waals surface area contributed by atoms with Gasteiger partial charge in [-0.2, -0.15) is 48.3 Å². The van der Waals surface area contributed by atoms with Gasteiger partial charge in [0.1, 0.15) is 17.2 Å². The number of hydrogen-bond donors (Lipinski definition) is 1. The Hall–Kier alpha value is -2.91. The van der Waals surface area contributed by atoms with Crippen LogP contribution in [0.5, 0.6) is 0 Å². The first kappa shape index (κ1) is 24.7. The zero-order valence-electron chi connectivity index (χ0n) is 15.1. The van der Waals surface area contributed by atoms with Crippen LogP contribution in [0, 0.1) is 5.82 Å². The van der Waals surface area contributed by atoms with Crippen LogP contribution >= 0.6 is 11.6 Å². The summed E-state index contributed by atoms with van der Waals surface area (Å²) in [6.07, 6.45) is -17.0. The smallest absolute Gasteiger partial charge is 0.383 e. The molecule has 0 atom stereocenters. The fourth-order valence-electron chi connectivity index (χ4n) is 2.74. The molecule has 2 N–H and O–H groups in total. The molecule has 0 fully saturated rings. The van der Waals surface area contributed by atoms with E-state index in [4.69, 9.17) is 17.3 Å². The van der Waals surface area contributed by atoms with Crippen molar-refractivity contribution < 1.29 is 52.7 Å². The lowest BCUT2D eigenvalue weighted by atomic mass is 10.1. The minimum atomic E-state index is -6.34. The van der Waals surface area contributed by atoms with Crippen molar-refractivity contribution in [2.75, 3.05) is 5.73 Å². The average molecular weight is 517 g/mol. The van der Waals surface area contributed by atoms with Gasteiger partial charge in [0.2, 0.25) is 0 Å². The number of fused-ring (bicyclic) bond motifs is 1. The molecule has 0 aliphatic heterocycles. The summed E-state index contributed by atoms with van der Waals surface area (Å²) >= 11 is 5.60. The Kier molecular flexibility index (Phi) is 5.47. The Labute approximate surface area is 178 Å². The molecule has 1 aromatic carbocycles. The molecular formula is C16H5ClF12N4. The van der Waals surface area contributed by atoms with Crippen molar-refractivity contribution in [2.24, 2.45) is 0 Å². The molecule has 3 aromatic rings. The Morgan fingerprint density at radius 1 is 0.848 bits per heavy atom. The Balaban J connectivity index is 2.38. The van der Waals surface area contributed by atoms with Crippen LogP contribution in [0.15, 0.2) is 18.2 Å². The number of pyridine rings is 1. The molecule has 0 saturated carbocycles. The number of nitrogens with two attached hydrogens (primary N) is 1. The van der Waals surface area contributed by atoms with Gasteiger partial charge < -0.3 is 5.73 Å². The standard InChI is InChI=1S/C16H5ClF12N4/c17-6-1-4(14(21,22)23)2-7(18)10(6)33-11(30)9-5(15(24,25)26)3-8(31-12(9)32-33)13(19,20)16(27,28)29/h1-3H,30H2. The van der Waals surface area contributed by atoms with E-state index < -0.39 is 80.7 Å². The maximum atomic E-state index is 14.4. The van der Waals surface area contributed by atoms with E-state index in [1.165, 1.54) is 0 Å². The van der Waals surface area contributed by atoms with Gasteiger partial charge >= 0.3 is 24.5 Å². The summed E-state index contributed by atoms with van der Waals surface area (Å²) in [5, 5.41) is 0.836. The van der Waals surface area contributed by atoms with E-state index in [0.29, 0.717) is 0 Å². The number of nitrogen functional groups attached to an aromatic ring is 1. The Morgan fingerprint density at radius 3 is 1.88 bits per heavy atom. The van der Waals surface area contributed by atoms with E-state index >= 15 is 0 Å². The topological polar surface area (TPSA) is 56.7 Å². The summed E-state index contributed by atoms with van der Waals surface area (Å²) in [4.78, 5) is 2.78. The fourth-order valence-corrected chi connectivity index (χ4v) is 3.03. The van der Waals surface area contributed by atoms with Crippen molar-refractivity contribution in [2.45, 2.75) is 24.5 Å². The highest BCUT2D eigenvalue weighted by Gasteiger charge is 2.60. The van der Waals surface area contributed by atoms with E-state index in [9.17, 15) is 52.7 Å². The number of alkyl halides is 11. The van der Waals surface area contributed by atoms with Crippen LogP contribution < -0.4 is 5.73 Å². The Bertz CT molecular complexity index is 1220. The van der Waals surface area contributed by atoms with Crippen molar-refractivity contribution >= 4 is 28.5 Å². The van der Waals surface area contributed by atoms with Gasteiger partial charge in [0, 0.05) is 0 Å². The van der Waals surface area contributed by atoms with E-state index in [-0.39, 0.29) is 16.8 Å². The van der Waals surface area contributed by atoms with E-state index in [2.05, 4.69) is 10.1 Å². The maximum absolute atomic E-state index is 14.4. The van der Waals surface area contributed by atoms with E-state index in [0.717, 1.165) is 0 Å². The predicted molar refractivity (Wildman–Crippen MR) is 88.2 cm³/mol. The number of anilines is 1. The molecule has 180 valence electrons. The number of aromatic nitrogens is 3. The average Bonchev–Trinajstić information content (AvgIpc) is 2.94. The lowest BCUT2D eigenvalue weighted by molar-refractivity contribution is -0.291. The first-order chi connectivity index (χ1) is 14.8. The minimum Gasteiger partial charge on any atom is -0.383 e. The van der Waals surface area contributed by atoms with Crippen molar-refractivity contribution in [1.29, 1.82) is 0 Å². The molecular weight excluding hydrogens is 512 g/mol. The number of benzene rings is 1. The van der Waals surface area contributed by atoms with Crippen LogP contribution in [0.1, 0.15) is 16.8 Å². The quantitative estimate of drug-likeness (QED) is 0.396. The van der Waals surface area contributed by atoms with Gasteiger partial charge in [-0.05, 0) is 18.2 Å². The second kappa shape index (κ2) is 7.30. The molecule has 0 radical (unpaired) electrons. The van der Waals surface area contributed by atoms with Gasteiger partial charge in [-0.25, -0.2) is 14.1 Å². The lowest BCUT2D eigenvalue weighted by Crippen LogP contribution is -2.35. The van der Waals surface area contributed by atoms with E-state index in [1.54, 1.807) is 0 Å². The maximum Gasteiger partial charge on any atom is 0.459 e. The van der Waals surface area contributed by atoms with E-state index in [1.807, 2.05) is 0 Å². The molecule has 0 saturated heterocycles. The molecule has 3 rings (SSSR count). The zero-order chi connectivity index (χ0) is 25.3.